The van der Waals surface area contributed by atoms with Gasteiger partial charge in [0.25, 0.3) is 0 Å². The maximum absolute atomic E-state index is 13.0. The Bertz CT molecular complexity index is 812. The molecule has 1 unspecified atom stereocenters. The van der Waals surface area contributed by atoms with Crippen molar-refractivity contribution in [1.82, 2.24) is 9.29 Å². The second-order valence-electron chi connectivity index (χ2n) is 5.79. The Morgan fingerprint density at radius 2 is 2.00 bits per heavy atom. The zero-order valence-corrected chi connectivity index (χ0v) is 14.9. The average molecular weight is 367 g/mol. The molecule has 1 aliphatic heterocycles. The highest BCUT2D eigenvalue weighted by atomic mass is 35.5. The monoisotopic (exact) mass is 366 g/mol. The molecule has 0 N–H and O–H groups in total. The zero-order chi connectivity index (χ0) is 17.2. The largest absolute Gasteiger partial charge is 0.489 e. The van der Waals surface area contributed by atoms with E-state index in [1.54, 1.807) is 49.6 Å². The maximum Gasteiger partial charge on any atom is 0.243 e. The van der Waals surface area contributed by atoms with Gasteiger partial charge >= 0.3 is 0 Å². The molecule has 1 saturated heterocycles. The van der Waals surface area contributed by atoms with Crippen molar-refractivity contribution in [3.63, 3.8) is 0 Å². The van der Waals surface area contributed by atoms with Gasteiger partial charge in [0.05, 0.1) is 11.4 Å². The minimum absolute atomic E-state index is 0.171. The topological polar surface area (TPSA) is 59.5 Å². The molecule has 0 amide bonds. The highest BCUT2D eigenvalue weighted by molar-refractivity contribution is 7.89. The molecule has 2 heterocycles. The first-order chi connectivity index (χ1) is 11.5. The SMILES string of the molecule is Cc1c(Cl)cccc1S(=O)(=O)N1CCCC(Oc2ccncc2)C1. The van der Waals surface area contributed by atoms with E-state index in [4.69, 9.17) is 16.3 Å². The molecule has 7 heteroatoms. The van der Waals surface area contributed by atoms with E-state index in [9.17, 15) is 8.42 Å². The summed E-state index contributed by atoms with van der Waals surface area (Å²) >= 11 is 6.08. The third-order valence-corrected chi connectivity index (χ3v) is 6.55. The molecule has 1 atom stereocenters. The summed E-state index contributed by atoms with van der Waals surface area (Å²) in [6, 6.07) is 8.51. The number of aromatic nitrogens is 1. The molecule has 0 bridgehead atoms. The minimum Gasteiger partial charge on any atom is -0.489 e. The molecule has 0 aliphatic carbocycles. The Morgan fingerprint density at radius 3 is 2.75 bits per heavy atom. The van der Waals surface area contributed by atoms with Crippen molar-refractivity contribution in [2.45, 2.75) is 30.8 Å². The van der Waals surface area contributed by atoms with Crippen LogP contribution >= 0.6 is 11.6 Å². The van der Waals surface area contributed by atoms with Gasteiger partial charge in [-0.15, -0.1) is 0 Å². The number of nitrogens with zero attached hydrogens (tertiary/aromatic N) is 2. The fourth-order valence-corrected chi connectivity index (χ4v) is 4.82. The van der Waals surface area contributed by atoms with E-state index in [2.05, 4.69) is 4.98 Å². The number of sulfonamides is 1. The average Bonchev–Trinajstić information content (AvgIpc) is 2.58. The van der Waals surface area contributed by atoms with Gasteiger partial charge in [0.1, 0.15) is 11.9 Å². The molecular weight excluding hydrogens is 348 g/mol. The van der Waals surface area contributed by atoms with E-state index in [0.29, 0.717) is 29.4 Å². The summed E-state index contributed by atoms with van der Waals surface area (Å²) in [7, 11) is -3.58. The maximum atomic E-state index is 13.0. The Hall–Kier alpha value is -1.63. The van der Waals surface area contributed by atoms with E-state index in [0.717, 1.165) is 12.8 Å². The van der Waals surface area contributed by atoms with E-state index < -0.39 is 10.0 Å². The van der Waals surface area contributed by atoms with E-state index >= 15 is 0 Å². The molecule has 5 nitrogen and oxygen atoms in total. The molecule has 1 fully saturated rings. The first kappa shape index (κ1) is 17.2. The number of ether oxygens (including phenoxy) is 1. The van der Waals surface area contributed by atoms with Gasteiger partial charge in [-0.1, -0.05) is 17.7 Å². The van der Waals surface area contributed by atoms with Crippen molar-refractivity contribution in [2.75, 3.05) is 13.1 Å². The smallest absolute Gasteiger partial charge is 0.243 e. The number of hydrogen-bond acceptors (Lipinski definition) is 4. The van der Waals surface area contributed by atoms with Crippen LogP contribution in [0.15, 0.2) is 47.6 Å². The Labute approximate surface area is 147 Å². The van der Waals surface area contributed by atoms with Gasteiger partial charge in [-0.3, -0.25) is 4.98 Å². The van der Waals surface area contributed by atoms with Crippen molar-refractivity contribution >= 4 is 21.6 Å². The van der Waals surface area contributed by atoms with Crippen LogP contribution in [0.3, 0.4) is 0 Å². The Balaban J connectivity index is 1.80. The summed E-state index contributed by atoms with van der Waals surface area (Å²) in [6.45, 7) is 2.55. The van der Waals surface area contributed by atoms with E-state index in [1.165, 1.54) is 4.31 Å². The zero-order valence-electron chi connectivity index (χ0n) is 13.4. The summed E-state index contributed by atoms with van der Waals surface area (Å²) in [5.41, 5.74) is 0.580. The summed E-state index contributed by atoms with van der Waals surface area (Å²) in [5.74, 6) is 0.702. The third-order valence-electron chi connectivity index (χ3n) is 4.13. The molecule has 2 aromatic rings. The Morgan fingerprint density at radius 1 is 1.25 bits per heavy atom. The molecular formula is C17H19ClN2O3S. The minimum atomic E-state index is -3.58. The van der Waals surface area contributed by atoms with E-state index in [-0.39, 0.29) is 11.0 Å². The fourth-order valence-electron chi connectivity index (χ4n) is 2.83. The molecule has 0 saturated carbocycles. The summed E-state index contributed by atoms with van der Waals surface area (Å²) < 4.78 is 33.3. The predicted molar refractivity (Wildman–Crippen MR) is 92.8 cm³/mol. The number of hydrogen-bond donors (Lipinski definition) is 0. The lowest BCUT2D eigenvalue weighted by atomic mass is 10.1. The standard InChI is InChI=1S/C17H19ClN2O3S/c1-13-16(18)5-2-6-17(13)24(21,22)20-11-3-4-15(12-20)23-14-7-9-19-10-8-14/h2,5-10,15H,3-4,11-12H2,1H3. The number of pyridine rings is 1. The summed E-state index contributed by atoms with van der Waals surface area (Å²) in [4.78, 5) is 4.21. The van der Waals surface area contributed by atoms with Crippen molar-refractivity contribution in [2.24, 2.45) is 0 Å². The van der Waals surface area contributed by atoms with Gasteiger partial charge in [-0.2, -0.15) is 4.31 Å². The lowest BCUT2D eigenvalue weighted by Gasteiger charge is -2.32. The van der Waals surface area contributed by atoms with Crippen LogP contribution in [0, 0.1) is 6.92 Å². The molecule has 1 aromatic heterocycles. The second-order valence-corrected chi connectivity index (χ2v) is 8.10. The third kappa shape index (κ3) is 3.55. The van der Waals surface area contributed by atoms with Gasteiger partial charge in [0.2, 0.25) is 10.0 Å². The molecule has 3 rings (SSSR count). The number of piperidine rings is 1. The number of rotatable bonds is 4. The second kappa shape index (κ2) is 7.09. The van der Waals surface area contributed by atoms with Crippen LogP contribution in [0.25, 0.3) is 0 Å². The number of benzene rings is 1. The van der Waals surface area contributed by atoms with Crippen molar-refractivity contribution < 1.29 is 13.2 Å². The molecule has 1 aromatic carbocycles. The van der Waals surface area contributed by atoms with Crippen LogP contribution in [-0.4, -0.2) is 36.9 Å². The Kier molecular flexibility index (Phi) is 5.08. The van der Waals surface area contributed by atoms with Crippen molar-refractivity contribution in [1.29, 1.82) is 0 Å². The van der Waals surface area contributed by atoms with Crippen LogP contribution < -0.4 is 4.74 Å². The van der Waals surface area contributed by atoms with Crippen LogP contribution in [0.1, 0.15) is 18.4 Å². The van der Waals surface area contributed by atoms with Gasteiger partial charge in [0.15, 0.2) is 0 Å². The van der Waals surface area contributed by atoms with Crippen LogP contribution in [0.4, 0.5) is 0 Å². The van der Waals surface area contributed by atoms with Crippen LogP contribution in [0.2, 0.25) is 5.02 Å². The summed E-state index contributed by atoms with van der Waals surface area (Å²) in [6.07, 6.45) is 4.72. The lowest BCUT2D eigenvalue weighted by Crippen LogP contribution is -2.44. The van der Waals surface area contributed by atoms with E-state index in [1.807, 2.05) is 0 Å². The lowest BCUT2D eigenvalue weighted by molar-refractivity contribution is 0.129. The van der Waals surface area contributed by atoms with Crippen LogP contribution in [-0.2, 0) is 10.0 Å². The molecule has 1 aliphatic rings. The normalized spacial score (nSPS) is 19.2. The first-order valence-electron chi connectivity index (χ1n) is 7.80. The van der Waals surface area contributed by atoms with Gasteiger partial charge in [0, 0.05) is 24.0 Å². The fraction of sp³-hybridized carbons (Fsp3) is 0.353. The molecule has 0 spiro atoms. The van der Waals surface area contributed by atoms with Gasteiger partial charge in [-0.05, 0) is 49.6 Å². The quantitative estimate of drug-likeness (QED) is 0.833. The summed E-state index contributed by atoms with van der Waals surface area (Å²) in [5, 5.41) is 0.456. The molecule has 24 heavy (non-hydrogen) atoms. The van der Waals surface area contributed by atoms with Crippen molar-refractivity contribution in [3.8, 4) is 5.75 Å². The number of halogens is 1. The first-order valence-corrected chi connectivity index (χ1v) is 9.62. The van der Waals surface area contributed by atoms with Crippen LogP contribution in [0.5, 0.6) is 5.75 Å². The van der Waals surface area contributed by atoms with Gasteiger partial charge < -0.3 is 4.74 Å². The molecule has 128 valence electrons. The molecule has 0 radical (unpaired) electrons. The van der Waals surface area contributed by atoms with Crippen molar-refractivity contribution in [3.05, 3.63) is 53.3 Å². The highest BCUT2D eigenvalue weighted by Crippen LogP contribution is 2.28. The predicted octanol–water partition coefficient (Wildman–Crippen LogP) is 3.28. The highest BCUT2D eigenvalue weighted by Gasteiger charge is 2.32. The van der Waals surface area contributed by atoms with Gasteiger partial charge in [-0.25, -0.2) is 8.42 Å².